The smallest absolute Gasteiger partial charge is 0.307 e. The van der Waals surface area contributed by atoms with E-state index >= 15 is 0 Å². The lowest BCUT2D eigenvalue weighted by Gasteiger charge is -2.09. The average molecular weight is 263 g/mol. The fraction of sp³-hybridized carbons (Fsp3) is 0.429. The van der Waals surface area contributed by atoms with Gasteiger partial charge in [0, 0.05) is 5.69 Å². The summed E-state index contributed by atoms with van der Waals surface area (Å²) in [5, 5.41) is 11.5. The Bertz CT molecular complexity index is 469. The zero-order valence-corrected chi connectivity index (χ0v) is 10.8. The Labute approximate surface area is 111 Å². The van der Waals surface area contributed by atoms with Crippen molar-refractivity contribution in [2.45, 2.75) is 25.9 Å². The van der Waals surface area contributed by atoms with Gasteiger partial charge in [0.1, 0.15) is 0 Å². The molecule has 0 spiro atoms. The van der Waals surface area contributed by atoms with Crippen LogP contribution in [0.3, 0.4) is 0 Å². The molecule has 1 aliphatic heterocycles. The van der Waals surface area contributed by atoms with Crippen molar-refractivity contribution in [2.75, 3.05) is 11.9 Å². The third-order valence-electron chi connectivity index (χ3n) is 3.15. The molecule has 1 saturated heterocycles. The van der Waals surface area contributed by atoms with E-state index in [-0.39, 0.29) is 24.3 Å². The third-order valence-corrected chi connectivity index (χ3v) is 3.15. The summed E-state index contributed by atoms with van der Waals surface area (Å²) in [6, 6.07) is 6.85. The molecule has 1 aromatic rings. The van der Waals surface area contributed by atoms with Crippen LogP contribution in [0, 0.1) is 5.92 Å². The number of nitrogens with one attached hydrogen (secondary N) is 1. The Morgan fingerprint density at radius 2 is 2.05 bits per heavy atom. The van der Waals surface area contributed by atoms with Gasteiger partial charge in [0.25, 0.3) is 0 Å². The fourth-order valence-corrected chi connectivity index (χ4v) is 2.12. The number of carboxylic acids is 1. The number of amides is 1. The van der Waals surface area contributed by atoms with Crippen molar-refractivity contribution in [3.05, 3.63) is 29.8 Å². The quantitative estimate of drug-likeness (QED) is 0.866. The Hall–Kier alpha value is -1.88. The molecule has 5 heteroatoms. The molecule has 2 unspecified atom stereocenters. The Balaban J connectivity index is 1.92. The van der Waals surface area contributed by atoms with Gasteiger partial charge in [-0.3, -0.25) is 9.59 Å². The summed E-state index contributed by atoms with van der Waals surface area (Å²) in [5.74, 6) is -1.02. The van der Waals surface area contributed by atoms with Crippen LogP contribution in [0.1, 0.15) is 18.9 Å². The molecule has 1 aromatic carbocycles. The number of benzene rings is 1. The van der Waals surface area contributed by atoms with E-state index in [1.165, 1.54) is 0 Å². The zero-order valence-electron chi connectivity index (χ0n) is 10.8. The van der Waals surface area contributed by atoms with E-state index in [2.05, 4.69) is 5.32 Å². The average Bonchev–Trinajstić information content (AvgIpc) is 2.78. The summed E-state index contributed by atoms with van der Waals surface area (Å²) in [4.78, 5) is 22.5. The lowest BCUT2D eigenvalue weighted by Crippen LogP contribution is -2.23. The summed E-state index contributed by atoms with van der Waals surface area (Å²) in [7, 11) is 0. The highest BCUT2D eigenvalue weighted by molar-refractivity contribution is 5.92. The predicted molar refractivity (Wildman–Crippen MR) is 69.9 cm³/mol. The molecule has 0 aliphatic carbocycles. The van der Waals surface area contributed by atoms with E-state index in [4.69, 9.17) is 9.84 Å². The molecule has 5 nitrogen and oxygen atoms in total. The van der Waals surface area contributed by atoms with Crippen LogP contribution in [0.4, 0.5) is 5.69 Å². The summed E-state index contributed by atoms with van der Waals surface area (Å²) < 4.78 is 5.36. The van der Waals surface area contributed by atoms with Crippen molar-refractivity contribution in [3.8, 4) is 0 Å². The molecule has 2 atom stereocenters. The maximum atomic E-state index is 11.9. The molecule has 1 amide bonds. The SMILES string of the molecule is CC1CC(C(=O)Nc2ccc(CC(=O)O)cc2)CO1. The number of carbonyl (C=O) groups excluding carboxylic acids is 1. The number of carbonyl (C=O) groups is 2. The number of aliphatic carboxylic acids is 1. The Morgan fingerprint density at radius 3 is 2.58 bits per heavy atom. The van der Waals surface area contributed by atoms with Crippen LogP contribution in [-0.4, -0.2) is 29.7 Å². The van der Waals surface area contributed by atoms with Crippen molar-refractivity contribution in [2.24, 2.45) is 5.92 Å². The topological polar surface area (TPSA) is 75.6 Å². The van der Waals surface area contributed by atoms with Gasteiger partial charge in [-0.05, 0) is 31.0 Å². The maximum absolute atomic E-state index is 11.9. The molecular formula is C14H17NO4. The third kappa shape index (κ3) is 3.79. The molecular weight excluding hydrogens is 246 g/mol. The minimum atomic E-state index is -0.867. The number of anilines is 1. The van der Waals surface area contributed by atoms with Crippen LogP contribution in [0.15, 0.2) is 24.3 Å². The van der Waals surface area contributed by atoms with Crippen LogP contribution < -0.4 is 5.32 Å². The number of ether oxygens (including phenoxy) is 1. The second-order valence-electron chi connectivity index (χ2n) is 4.83. The van der Waals surface area contributed by atoms with E-state index < -0.39 is 5.97 Å². The first-order chi connectivity index (χ1) is 9.04. The highest BCUT2D eigenvalue weighted by Crippen LogP contribution is 2.21. The molecule has 1 aliphatic rings. The molecule has 102 valence electrons. The van der Waals surface area contributed by atoms with Crippen LogP contribution >= 0.6 is 0 Å². The molecule has 2 rings (SSSR count). The predicted octanol–water partition coefficient (Wildman–Crippen LogP) is 1.68. The number of hydrogen-bond acceptors (Lipinski definition) is 3. The van der Waals surface area contributed by atoms with Crippen LogP contribution in [0.2, 0.25) is 0 Å². The van der Waals surface area contributed by atoms with Gasteiger partial charge in [-0.25, -0.2) is 0 Å². The van der Waals surface area contributed by atoms with E-state index in [9.17, 15) is 9.59 Å². The van der Waals surface area contributed by atoms with E-state index in [0.717, 1.165) is 6.42 Å². The van der Waals surface area contributed by atoms with Gasteiger partial charge in [0.2, 0.25) is 5.91 Å². The second-order valence-corrected chi connectivity index (χ2v) is 4.83. The normalized spacial score (nSPS) is 22.2. The van der Waals surface area contributed by atoms with Crippen LogP contribution in [0.25, 0.3) is 0 Å². The lowest BCUT2D eigenvalue weighted by molar-refractivity contribution is -0.136. The largest absolute Gasteiger partial charge is 0.481 e. The van der Waals surface area contributed by atoms with E-state index in [0.29, 0.717) is 17.9 Å². The first kappa shape index (κ1) is 13.5. The molecule has 1 heterocycles. The first-order valence-corrected chi connectivity index (χ1v) is 6.28. The molecule has 0 saturated carbocycles. The van der Waals surface area contributed by atoms with Gasteiger partial charge in [-0.1, -0.05) is 12.1 Å². The fourth-order valence-electron chi connectivity index (χ4n) is 2.12. The van der Waals surface area contributed by atoms with Gasteiger partial charge in [0.05, 0.1) is 25.0 Å². The minimum Gasteiger partial charge on any atom is -0.481 e. The molecule has 1 fully saturated rings. The van der Waals surface area contributed by atoms with Crippen molar-refractivity contribution >= 4 is 17.6 Å². The minimum absolute atomic E-state index is 0.0117. The van der Waals surface area contributed by atoms with Gasteiger partial charge in [0.15, 0.2) is 0 Å². The first-order valence-electron chi connectivity index (χ1n) is 6.28. The van der Waals surface area contributed by atoms with Gasteiger partial charge >= 0.3 is 5.97 Å². The maximum Gasteiger partial charge on any atom is 0.307 e. The van der Waals surface area contributed by atoms with Crippen molar-refractivity contribution in [1.29, 1.82) is 0 Å². The second kappa shape index (κ2) is 5.84. The molecule has 2 N–H and O–H groups in total. The molecule has 0 aromatic heterocycles. The monoisotopic (exact) mass is 263 g/mol. The van der Waals surface area contributed by atoms with Gasteiger partial charge < -0.3 is 15.2 Å². The summed E-state index contributed by atoms with van der Waals surface area (Å²) in [5.41, 5.74) is 1.39. The van der Waals surface area contributed by atoms with E-state index in [1.54, 1.807) is 24.3 Å². The van der Waals surface area contributed by atoms with Crippen molar-refractivity contribution in [3.63, 3.8) is 0 Å². The van der Waals surface area contributed by atoms with E-state index in [1.807, 2.05) is 6.92 Å². The summed E-state index contributed by atoms with van der Waals surface area (Å²) in [6.45, 7) is 2.41. The molecule has 0 bridgehead atoms. The highest BCUT2D eigenvalue weighted by atomic mass is 16.5. The highest BCUT2D eigenvalue weighted by Gasteiger charge is 2.28. The zero-order chi connectivity index (χ0) is 13.8. The number of carboxylic acid groups (broad SMARTS) is 1. The summed E-state index contributed by atoms with van der Waals surface area (Å²) in [6.07, 6.45) is 0.860. The van der Waals surface area contributed by atoms with Gasteiger partial charge in [-0.2, -0.15) is 0 Å². The molecule has 19 heavy (non-hydrogen) atoms. The Kier molecular flexibility index (Phi) is 4.16. The van der Waals surface area contributed by atoms with Crippen LogP contribution in [-0.2, 0) is 20.7 Å². The number of rotatable bonds is 4. The lowest BCUT2D eigenvalue weighted by atomic mass is 10.1. The molecule has 0 radical (unpaired) electrons. The van der Waals surface area contributed by atoms with Crippen molar-refractivity contribution < 1.29 is 19.4 Å². The van der Waals surface area contributed by atoms with Gasteiger partial charge in [-0.15, -0.1) is 0 Å². The number of hydrogen-bond donors (Lipinski definition) is 2. The Morgan fingerprint density at radius 1 is 1.37 bits per heavy atom. The summed E-state index contributed by atoms with van der Waals surface area (Å²) >= 11 is 0. The van der Waals surface area contributed by atoms with Crippen LogP contribution in [0.5, 0.6) is 0 Å². The standard InChI is InChI=1S/C14H17NO4/c1-9-6-11(8-19-9)14(18)15-12-4-2-10(3-5-12)7-13(16)17/h2-5,9,11H,6-8H2,1H3,(H,15,18)(H,16,17). The van der Waals surface area contributed by atoms with Crippen molar-refractivity contribution in [1.82, 2.24) is 0 Å².